The van der Waals surface area contributed by atoms with Gasteiger partial charge in [-0.3, -0.25) is 25.0 Å². The molecule has 0 bridgehead atoms. The van der Waals surface area contributed by atoms with Crippen LogP contribution in [-0.2, 0) is 11.4 Å². The van der Waals surface area contributed by atoms with Crippen molar-refractivity contribution in [2.45, 2.75) is 13.5 Å². The quantitative estimate of drug-likeness (QED) is 0.154. The van der Waals surface area contributed by atoms with E-state index in [2.05, 4.69) is 5.32 Å². The largest absolute Gasteiger partial charge is 0.490 e. The third-order valence-corrected chi connectivity index (χ3v) is 5.21. The van der Waals surface area contributed by atoms with Gasteiger partial charge in [-0.05, 0) is 60.5 Å². The van der Waals surface area contributed by atoms with Gasteiger partial charge >= 0.3 is 0 Å². The Morgan fingerprint density at radius 2 is 1.76 bits per heavy atom. The molecule has 0 radical (unpaired) electrons. The van der Waals surface area contributed by atoms with E-state index in [0.29, 0.717) is 29.2 Å². The Hall–Kier alpha value is -4.95. The summed E-state index contributed by atoms with van der Waals surface area (Å²) in [6, 6.07) is 16.3. The van der Waals surface area contributed by atoms with Crippen molar-refractivity contribution < 1.29 is 24.1 Å². The fraction of sp³-hybridized carbons (Fsp3) is 0.120. The lowest BCUT2D eigenvalue weighted by atomic mass is 10.1. The van der Waals surface area contributed by atoms with E-state index in [9.17, 15) is 30.3 Å². The van der Waals surface area contributed by atoms with Gasteiger partial charge in [0.2, 0.25) is 0 Å². The number of nitro benzene ring substituents is 2. The molecule has 3 aromatic carbocycles. The predicted octanol–water partition coefficient (Wildman–Crippen LogP) is 5.68. The van der Waals surface area contributed by atoms with Gasteiger partial charge in [0.1, 0.15) is 23.3 Å². The number of nitro groups is 2. The molecule has 0 aliphatic heterocycles. The van der Waals surface area contributed by atoms with E-state index in [1.54, 1.807) is 37.3 Å². The molecule has 0 unspecified atom stereocenters. The molecule has 3 aromatic rings. The van der Waals surface area contributed by atoms with Gasteiger partial charge in [-0.15, -0.1) is 0 Å². The first-order valence-electron chi connectivity index (χ1n) is 10.7. The lowest BCUT2D eigenvalue weighted by Crippen LogP contribution is -2.13. The van der Waals surface area contributed by atoms with Crippen molar-refractivity contribution in [3.05, 3.63) is 103 Å². The molecule has 37 heavy (non-hydrogen) atoms. The first kappa shape index (κ1) is 26.7. The van der Waals surface area contributed by atoms with Crippen molar-refractivity contribution in [3.63, 3.8) is 0 Å². The number of nitriles is 1. The van der Waals surface area contributed by atoms with E-state index in [1.807, 2.05) is 6.07 Å². The molecule has 12 heteroatoms. The minimum absolute atomic E-state index is 0.0264. The summed E-state index contributed by atoms with van der Waals surface area (Å²) in [5, 5.41) is 33.7. The number of benzene rings is 3. The van der Waals surface area contributed by atoms with E-state index in [1.165, 1.54) is 30.3 Å². The number of nitrogens with zero attached hydrogens (tertiary/aromatic N) is 3. The average Bonchev–Trinajstić information content (AvgIpc) is 2.88. The van der Waals surface area contributed by atoms with Crippen molar-refractivity contribution in [2.75, 3.05) is 11.9 Å². The topological polar surface area (TPSA) is 158 Å². The maximum atomic E-state index is 12.6. The Morgan fingerprint density at radius 3 is 2.38 bits per heavy atom. The Balaban J connectivity index is 1.77. The molecule has 1 N–H and O–H groups in total. The molecule has 1 amide bonds. The van der Waals surface area contributed by atoms with Crippen molar-refractivity contribution in [2.24, 2.45) is 0 Å². The standard InChI is InChI=1S/C25H19ClN4O7/c1-2-36-24-12-17(5-10-23(24)37-15-16-3-7-20(8-4-16)29(32)33)11-18(14-27)25(31)28-19-6-9-21(26)22(13-19)30(34)35/h3-13H,2,15H2,1H3,(H,28,31)/b18-11+. The Bertz CT molecular complexity index is 1420. The second-order valence-corrected chi connectivity index (χ2v) is 7.81. The number of carbonyl (C=O) groups excluding carboxylic acids is 1. The van der Waals surface area contributed by atoms with Crippen LogP contribution in [0.1, 0.15) is 18.1 Å². The molecule has 3 rings (SSSR count). The summed E-state index contributed by atoms with van der Waals surface area (Å²) in [6.45, 7) is 2.23. The van der Waals surface area contributed by atoms with Gasteiger partial charge in [0, 0.05) is 23.9 Å². The van der Waals surface area contributed by atoms with Crippen LogP contribution in [-0.4, -0.2) is 22.4 Å². The monoisotopic (exact) mass is 522 g/mol. The van der Waals surface area contributed by atoms with E-state index < -0.39 is 15.8 Å². The highest BCUT2D eigenvalue weighted by molar-refractivity contribution is 6.32. The van der Waals surface area contributed by atoms with E-state index in [-0.39, 0.29) is 34.3 Å². The molecular formula is C25H19ClN4O7. The smallest absolute Gasteiger partial charge is 0.289 e. The molecule has 0 aromatic heterocycles. The third kappa shape index (κ3) is 7.03. The number of halogens is 1. The number of amides is 1. The van der Waals surface area contributed by atoms with Crippen molar-refractivity contribution in [1.82, 2.24) is 0 Å². The third-order valence-electron chi connectivity index (χ3n) is 4.89. The normalized spacial score (nSPS) is 10.8. The van der Waals surface area contributed by atoms with Crippen LogP contribution in [0.25, 0.3) is 6.08 Å². The van der Waals surface area contributed by atoms with E-state index >= 15 is 0 Å². The number of non-ortho nitro benzene ring substituents is 1. The fourth-order valence-electron chi connectivity index (χ4n) is 3.12. The molecule has 0 heterocycles. The Morgan fingerprint density at radius 1 is 1.03 bits per heavy atom. The maximum absolute atomic E-state index is 12.6. The lowest BCUT2D eigenvalue weighted by Gasteiger charge is -2.13. The van der Waals surface area contributed by atoms with Crippen molar-refractivity contribution in [1.29, 1.82) is 5.26 Å². The minimum Gasteiger partial charge on any atom is -0.490 e. The van der Waals surface area contributed by atoms with E-state index in [4.69, 9.17) is 21.1 Å². The van der Waals surface area contributed by atoms with Gasteiger partial charge in [-0.2, -0.15) is 5.26 Å². The SMILES string of the molecule is CCOc1cc(/C=C(\C#N)C(=O)Nc2ccc(Cl)c([N+](=O)[O-])c2)ccc1OCc1ccc([N+](=O)[O-])cc1. The van der Waals surface area contributed by atoms with Gasteiger partial charge in [0.05, 0.1) is 16.5 Å². The second kappa shape index (κ2) is 12.1. The molecule has 0 saturated heterocycles. The summed E-state index contributed by atoms with van der Waals surface area (Å²) in [5.41, 5.74) is 0.629. The highest BCUT2D eigenvalue weighted by Crippen LogP contribution is 2.31. The molecule has 11 nitrogen and oxygen atoms in total. The zero-order valence-corrected chi connectivity index (χ0v) is 20.1. The average molecular weight is 523 g/mol. The Labute approximate surface area is 215 Å². The molecule has 0 aliphatic carbocycles. The first-order chi connectivity index (χ1) is 17.7. The van der Waals surface area contributed by atoms with Crippen LogP contribution in [0.2, 0.25) is 5.02 Å². The number of anilines is 1. The number of carbonyl (C=O) groups is 1. The van der Waals surface area contributed by atoms with Crippen LogP contribution in [0, 0.1) is 31.6 Å². The molecule has 188 valence electrons. The second-order valence-electron chi connectivity index (χ2n) is 7.40. The highest BCUT2D eigenvalue weighted by Gasteiger charge is 2.16. The zero-order chi connectivity index (χ0) is 26.9. The molecule has 0 atom stereocenters. The molecule has 0 spiro atoms. The van der Waals surface area contributed by atoms with Crippen LogP contribution in [0.3, 0.4) is 0 Å². The predicted molar refractivity (Wildman–Crippen MR) is 135 cm³/mol. The summed E-state index contributed by atoms with van der Waals surface area (Å²) in [5.74, 6) is -0.00597. The van der Waals surface area contributed by atoms with E-state index in [0.717, 1.165) is 6.07 Å². The summed E-state index contributed by atoms with van der Waals surface area (Å²) < 4.78 is 11.4. The summed E-state index contributed by atoms with van der Waals surface area (Å²) in [4.78, 5) is 33.3. The van der Waals surface area contributed by atoms with Crippen LogP contribution in [0.15, 0.2) is 66.2 Å². The van der Waals surface area contributed by atoms with Crippen LogP contribution < -0.4 is 14.8 Å². The van der Waals surface area contributed by atoms with Gasteiger partial charge in [0.25, 0.3) is 17.3 Å². The van der Waals surface area contributed by atoms with Gasteiger partial charge < -0.3 is 14.8 Å². The van der Waals surface area contributed by atoms with Crippen molar-refractivity contribution in [3.8, 4) is 17.6 Å². The van der Waals surface area contributed by atoms with Crippen LogP contribution in [0.5, 0.6) is 11.5 Å². The molecule has 0 saturated carbocycles. The first-order valence-corrected chi connectivity index (χ1v) is 11.1. The van der Waals surface area contributed by atoms with Crippen LogP contribution in [0.4, 0.5) is 17.1 Å². The van der Waals surface area contributed by atoms with Gasteiger partial charge in [-0.1, -0.05) is 17.7 Å². The zero-order valence-electron chi connectivity index (χ0n) is 19.3. The number of hydrogen-bond acceptors (Lipinski definition) is 8. The number of rotatable bonds is 10. The van der Waals surface area contributed by atoms with Gasteiger partial charge in [-0.25, -0.2) is 0 Å². The number of hydrogen-bond donors (Lipinski definition) is 1. The summed E-state index contributed by atoms with van der Waals surface area (Å²) >= 11 is 5.79. The molecule has 0 fully saturated rings. The molecular weight excluding hydrogens is 504 g/mol. The molecule has 0 aliphatic rings. The summed E-state index contributed by atoms with van der Waals surface area (Å²) in [7, 11) is 0. The maximum Gasteiger partial charge on any atom is 0.289 e. The van der Waals surface area contributed by atoms with Crippen molar-refractivity contribution >= 4 is 40.6 Å². The number of nitrogens with one attached hydrogen (secondary N) is 1. The highest BCUT2D eigenvalue weighted by atomic mass is 35.5. The van der Waals surface area contributed by atoms with Gasteiger partial charge in [0.15, 0.2) is 11.5 Å². The number of ether oxygens (including phenoxy) is 2. The lowest BCUT2D eigenvalue weighted by molar-refractivity contribution is -0.385. The van der Waals surface area contributed by atoms with Crippen LogP contribution >= 0.6 is 11.6 Å². The summed E-state index contributed by atoms with van der Waals surface area (Å²) in [6.07, 6.45) is 1.34. The minimum atomic E-state index is -0.768. The Kier molecular flexibility index (Phi) is 8.75. The fourth-order valence-corrected chi connectivity index (χ4v) is 3.31.